The van der Waals surface area contributed by atoms with Crippen LogP contribution in [0.5, 0.6) is 0 Å². The van der Waals surface area contributed by atoms with Gasteiger partial charge in [0.2, 0.25) is 0 Å². The number of unbranched alkanes of at least 4 members (excludes halogenated alkanes) is 10. The van der Waals surface area contributed by atoms with Crippen molar-refractivity contribution in [2.75, 3.05) is 0 Å². The lowest BCUT2D eigenvalue weighted by atomic mass is 9.98. The van der Waals surface area contributed by atoms with Crippen molar-refractivity contribution in [3.05, 3.63) is 35.4 Å². The van der Waals surface area contributed by atoms with Gasteiger partial charge in [-0.3, -0.25) is 4.79 Å². The molecule has 0 saturated heterocycles. The molecule has 0 saturated carbocycles. The molecule has 0 spiro atoms. The van der Waals surface area contributed by atoms with E-state index in [4.69, 9.17) is 0 Å². The average molecular weight is 317 g/mol. The molecule has 0 aliphatic rings. The van der Waals surface area contributed by atoms with Gasteiger partial charge < -0.3 is 0 Å². The van der Waals surface area contributed by atoms with Crippen molar-refractivity contribution in [2.24, 2.45) is 0 Å². The highest BCUT2D eigenvalue weighted by Crippen LogP contribution is 2.16. The molecule has 0 amide bonds. The maximum absolute atomic E-state index is 12.3. The Morgan fingerprint density at radius 2 is 1.26 bits per heavy atom. The monoisotopic (exact) mass is 316 g/mol. The first kappa shape index (κ1) is 19.9. The molecule has 1 rings (SSSR count). The second-order valence-electron chi connectivity index (χ2n) is 6.72. The normalized spacial score (nSPS) is 10.9. The van der Waals surface area contributed by atoms with Gasteiger partial charge in [-0.15, -0.1) is 0 Å². The summed E-state index contributed by atoms with van der Waals surface area (Å²) in [6, 6.07) is 8.07. The van der Waals surface area contributed by atoms with Crippen LogP contribution in [0.3, 0.4) is 0 Å². The van der Waals surface area contributed by atoms with Crippen molar-refractivity contribution >= 4 is 5.78 Å². The van der Waals surface area contributed by atoms with Crippen molar-refractivity contribution in [1.29, 1.82) is 0 Å². The number of rotatable bonds is 14. The molecular formula is C22H36O. The molecule has 0 bridgehead atoms. The third-order valence-corrected chi connectivity index (χ3v) is 4.71. The first-order valence-electron chi connectivity index (χ1n) is 9.90. The average Bonchev–Trinajstić information content (AvgIpc) is 2.59. The third kappa shape index (κ3) is 8.93. The lowest BCUT2D eigenvalue weighted by Gasteiger charge is -2.06. The molecule has 1 aromatic rings. The molecule has 0 atom stereocenters. The highest BCUT2D eigenvalue weighted by molar-refractivity contribution is 5.97. The molecule has 1 nitrogen and oxygen atoms in total. The Labute approximate surface area is 143 Å². The van der Waals surface area contributed by atoms with Gasteiger partial charge in [0.15, 0.2) is 5.78 Å². The van der Waals surface area contributed by atoms with Gasteiger partial charge in [0.25, 0.3) is 0 Å². The summed E-state index contributed by atoms with van der Waals surface area (Å²) in [6.45, 7) is 4.39. The minimum absolute atomic E-state index is 0.332. The minimum atomic E-state index is 0.332. The molecule has 0 N–H and O–H groups in total. The summed E-state index contributed by atoms with van der Waals surface area (Å²) in [5, 5.41) is 0. The Morgan fingerprint density at radius 3 is 1.83 bits per heavy atom. The summed E-state index contributed by atoms with van der Waals surface area (Å²) >= 11 is 0. The van der Waals surface area contributed by atoms with Gasteiger partial charge in [0.05, 0.1) is 0 Å². The molecule has 0 fully saturated rings. The summed E-state index contributed by atoms with van der Waals surface area (Å²) < 4.78 is 0. The quantitative estimate of drug-likeness (QED) is 0.263. The topological polar surface area (TPSA) is 17.1 Å². The zero-order valence-corrected chi connectivity index (χ0v) is 15.4. The fourth-order valence-electron chi connectivity index (χ4n) is 3.19. The van der Waals surface area contributed by atoms with Gasteiger partial charge >= 0.3 is 0 Å². The van der Waals surface area contributed by atoms with Gasteiger partial charge in [0, 0.05) is 12.0 Å². The van der Waals surface area contributed by atoms with Crippen LogP contribution >= 0.6 is 0 Å². The predicted octanol–water partition coefficient (Wildman–Crippen LogP) is 7.13. The van der Waals surface area contributed by atoms with Gasteiger partial charge in [0.1, 0.15) is 0 Å². The largest absolute Gasteiger partial charge is 0.294 e. The molecule has 0 heterocycles. The number of benzene rings is 1. The van der Waals surface area contributed by atoms with E-state index in [2.05, 4.69) is 19.9 Å². The summed E-state index contributed by atoms with van der Waals surface area (Å²) in [5.74, 6) is 0.332. The van der Waals surface area contributed by atoms with E-state index in [1.54, 1.807) is 0 Å². The van der Waals surface area contributed by atoms with Crippen LogP contribution in [0.1, 0.15) is 107 Å². The molecular weight excluding hydrogens is 280 g/mol. The smallest absolute Gasteiger partial charge is 0.163 e. The SMILES string of the molecule is CCCCCCCCCCCCCC(=O)c1ccccc1CC. The summed E-state index contributed by atoms with van der Waals surface area (Å²) in [6.07, 6.45) is 16.3. The highest BCUT2D eigenvalue weighted by Gasteiger charge is 2.09. The standard InChI is InChI=1S/C22H36O/c1-3-5-6-7-8-9-10-11-12-13-14-19-22(23)21-18-16-15-17-20(21)4-2/h15-18H,3-14,19H2,1-2H3. The fraction of sp³-hybridized carbons (Fsp3) is 0.682. The number of carbonyl (C=O) groups is 1. The molecule has 0 aliphatic carbocycles. The third-order valence-electron chi connectivity index (χ3n) is 4.71. The van der Waals surface area contributed by atoms with Gasteiger partial charge in [-0.25, -0.2) is 0 Å². The first-order valence-corrected chi connectivity index (χ1v) is 9.90. The minimum Gasteiger partial charge on any atom is -0.294 e. The lowest BCUT2D eigenvalue weighted by Crippen LogP contribution is -2.03. The highest BCUT2D eigenvalue weighted by atomic mass is 16.1. The van der Waals surface area contributed by atoms with E-state index in [-0.39, 0.29) is 0 Å². The predicted molar refractivity (Wildman–Crippen MR) is 101 cm³/mol. The van der Waals surface area contributed by atoms with Crippen molar-refractivity contribution < 1.29 is 4.79 Å². The van der Waals surface area contributed by atoms with E-state index >= 15 is 0 Å². The molecule has 0 unspecified atom stereocenters. The van der Waals surface area contributed by atoms with Crippen LogP contribution in [-0.2, 0) is 6.42 Å². The Balaban J connectivity index is 2.01. The molecule has 0 aromatic heterocycles. The van der Waals surface area contributed by atoms with Crippen LogP contribution in [0.4, 0.5) is 0 Å². The Bertz CT molecular complexity index is 422. The van der Waals surface area contributed by atoms with E-state index in [1.807, 2.05) is 18.2 Å². The second kappa shape index (κ2) is 13.3. The summed E-state index contributed by atoms with van der Waals surface area (Å²) in [5.41, 5.74) is 2.14. The van der Waals surface area contributed by atoms with Crippen LogP contribution in [0.25, 0.3) is 0 Å². The molecule has 1 heteroatoms. The van der Waals surface area contributed by atoms with Gasteiger partial charge in [-0.2, -0.15) is 0 Å². The number of hydrogen-bond acceptors (Lipinski definition) is 1. The zero-order chi connectivity index (χ0) is 16.8. The van der Waals surface area contributed by atoms with E-state index in [0.717, 1.165) is 18.4 Å². The second-order valence-corrected chi connectivity index (χ2v) is 6.72. The molecule has 0 radical (unpaired) electrons. The van der Waals surface area contributed by atoms with E-state index < -0.39 is 0 Å². The van der Waals surface area contributed by atoms with Crippen molar-refractivity contribution in [3.63, 3.8) is 0 Å². The molecule has 23 heavy (non-hydrogen) atoms. The first-order chi connectivity index (χ1) is 11.3. The van der Waals surface area contributed by atoms with Crippen LogP contribution in [0.2, 0.25) is 0 Å². The number of Topliss-reactive ketones (excluding diaryl/α,β-unsaturated/α-hetero) is 1. The maximum atomic E-state index is 12.3. The van der Waals surface area contributed by atoms with E-state index in [0.29, 0.717) is 12.2 Å². The van der Waals surface area contributed by atoms with Crippen LogP contribution in [0.15, 0.2) is 24.3 Å². The Kier molecular flexibility index (Phi) is 11.6. The Hall–Kier alpha value is -1.11. The van der Waals surface area contributed by atoms with E-state index in [9.17, 15) is 4.79 Å². The zero-order valence-electron chi connectivity index (χ0n) is 15.4. The molecule has 1 aromatic carbocycles. The van der Waals surface area contributed by atoms with Crippen LogP contribution < -0.4 is 0 Å². The number of hydrogen-bond donors (Lipinski definition) is 0. The summed E-state index contributed by atoms with van der Waals surface area (Å²) in [4.78, 5) is 12.3. The summed E-state index contributed by atoms with van der Waals surface area (Å²) in [7, 11) is 0. The van der Waals surface area contributed by atoms with Gasteiger partial charge in [-0.05, 0) is 18.4 Å². The van der Waals surface area contributed by atoms with Gasteiger partial charge in [-0.1, -0.05) is 102 Å². The Morgan fingerprint density at radius 1 is 0.739 bits per heavy atom. The van der Waals surface area contributed by atoms with Crippen LogP contribution in [0, 0.1) is 0 Å². The number of carbonyl (C=O) groups excluding carboxylic acids is 1. The van der Waals surface area contributed by atoms with E-state index in [1.165, 1.54) is 69.8 Å². The van der Waals surface area contributed by atoms with Crippen LogP contribution in [-0.4, -0.2) is 5.78 Å². The fourth-order valence-corrected chi connectivity index (χ4v) is 3.19. The van der Waals surface area contributed by atoms with Crippen molar-refractivity contribution in [1.82, 2.24) is 0 Å². The van der Waals surface area contributed by atoms with Crippen molar-refractivity contribution in [3.8, 4) is 0 Å². The molecule has 0 aliphatic heterocycles. The number of ketones is 1. The number of aryl methyl sites for hydroxylation is 1. The maximum Gasteiger partial charge on any atom is 0.163 e. The lowest BCUT2D eigenvalue weighted by molar-refractivity contribution is 0.0978. The molecule has 130 valence electrons. The van der Waals surface area contributed by atoms with Crippen molar-refractivity contribution in [2.45, 2.75) is 97.3 Å².